The molecule has 1 heterocycles. The van der Waals surface area contributed by atoms with Crippen molar-refractivity contribution in [1.29, 1.82) is 0 Å². The van der Waals surface area contributed by atoms with Crippen molar-refractivity contribution in [2.75, 3.05) is 36.0 Å². The average molecular weight is 551 g/mol. The number of fused-ring (bicyclic) bond motifs is 1. The van der Waals surface area contributed by atoms with E-state index in [1.807, 2.05) is 37.8 Å². The molecule has 0 spiro atoms. The maximum absolute atomic E-state index is 13.5. The fraction of sp³-hybridized carbons (Fsp3) is 0.241. The van der Waals surface area contributed by atoms with Crippen molar-refractivity contribution < 1.29 is 22.8 Å². The molecule has 40 heavy (non-hydrogen) atoms. The van der Waals surface area contributed by atoms with Gasteiger partial charge in [0, 0.05) is 17.1 Å². The molecule has 208 valence electrons. The van der Waals surface area contributed by atoms with Crippen molar-refractivity contribution in [3.05, 3.63) is 77.5 Å². The van der Waals surface area contributed by atoms with Crippen LogP contribution in [-0.2, 0) is 11.0 Å². The van der Waals surface area contributed by atoms with Crippen LogP contribution in [0.3, 0.4) is 0 Å². The van der Waals surface area contributed by atoms with Gasteiger partial charge in [-0.15, -0.1) is 0 Å². The molecule has 3 aromatic carbocycles. The number of aryl methyl sites for hydroxylation is 1. The molecule has 11 heteroatoms. The molecule has 0 atom stereocenters. The summed E-state index contributed by atoms with van der Waals surface area (Å²) >= 11 is 0. The molecule has 0 fully saturated rings. The summed E-state index contributed by atoms with van der Waals surface area (Å²) in [6, 6.07) is 13.3. The average Bonchev–Trinajstić information content (AvgIpc) is 2.92. The van der Waals surface area contributed by atoms with Gasteiger partial charge in [-0.25, -0.2) is 9.97 Å². The number of hydrogen-bond donors (Lipinski definition) is 3. The second kappa shape index (κ2) is 11.7. The maximum Gasteiger partial charge on any atom is 0.416 e. The lowest BCUT2D eigenvalue weighted by atomic mass is 9.97. The number of alkyl halides is 3. The molecule has 4 aromatic rings. The molecular formula is C29H29F3N6O2. The van der Waals surface area contributed by atoms with E-state index in [2.05, 4.69) is 20.6 Å². The quantitative estimate of drug-likeness (QED) is 0.258. The zero-order chi connectivity index (χ0) is 29.0. The lowest BCUT2D eigenvalue weighted by Crippen LogP contribution is -2.33. The van der Waals surface area contributed by atoms with Crippen molar-refractivity contribution in [2.24, 2.45) is 0 Å². The Balaban J connectivity index is 1.65. The lowest BCUT2D eigenvalue weighted by molar-refractivity contribution is -0.137. The summed E-state index contributed by atoms with van der Waals surface area (Å²) in [7, 11) is 0. The monoisotopic (exact) mass is 550 g/mol. The first-order valence-electron chi connectivity index (χ1n) is 12.7. The lowest BCUT2D eigenvalue weighted by Gasteiger charge is -2.19. The summed E-state index contributed by atoms with van der Waals surface area (Å²) in [5.41, 5.74) is 7.96. The normalized spacial score (nSPS) is 11.6. The van der Waals surface area contributed by atoms with Crippen LogP contribution in [0.2, 0.25) is 0 Å². The van der Waals surface area contributed by atoms with Crippen LogP contribution in [0, 0.1) is 6.92 Å². The number of nitrogen functional groups attached to an aromatic ring is 1. The smallest absolute Gasteiger partial charge is 0.368 e. The summed E-state index contributed by atoms with van der Waals surface area (Å²) in [6.45, 7) is 7.02. The third-order valence-corrected chi connectivity index (χ3v) is 6.54. The number of carbonyl (C=O) groups excluding carboxylic acids is 2. The van der Waals surface area contributed by atoms with E-state index < -0.39 is 23.6 Å². The Morgan fingerprint density at radius 2 is 1.70 bits per heavy atom. The van der Waals surface area contributed by atoms with Gasteiger partial charge in [-0.3, -0.25) is 14.5 Å². The number of nitrogens with two attached hydrogens (primary N) is 1. The van der Waals surface area contributed by atoms with Crippen molar-refractivity contribution in [2.45, 2.75) is 26.9 Å². The summed E-state index contributed by atoms with van der Waals surface area (Å²) in [5, 5.41) is 5.95. The van der Waals surface area contributed by atoms with Gasteiger partial charge in [0.25, 0.3) is 5.91 Å². The molecule has 0 aliphatic heterocycles. The topological polar surface area (TPSA) is 113 Å². The molecule has 8 nitrogen and oxygen atoms in total. The van der Waals surface area contributed by atoms with Crippen LogP contribution < -0.4 is 16.4 Å². The highest BCUT2D eigenvalue weighted by molar-refractivity contribution is 6.08. The number of amides is 2. The number of likely N-dealkylation sites (N-methyl/N-ethyl adjacent to an activating group) is 1. The second-order valence-electron chi connectivity index (χ2n) is 9.25. The molecule has 0 aliphatic rings. The molecule has 0 radical (unpaired) electrons. The van der Waals surface area contributed by atoms with E-state index >= 15 is 0 Å². The number of nitrogens with one attached hydrogen (secondary N) is 2. The molecule has 0 unspecified atom stereocenters. The molecule has 0 aliphatic carbocycles. The summed E-state index contributed by atoms with van der Waals surface area (Å²) in [6.07, 6.45) is -3.03. The third-order valence-electron chi connectivity index (χ3n) is 6.54. The molecule has 1 aromatic heterocycles. The van der Waals surface area contributed by atoms with Gasteiger partial charge in [-0.05, 0) is 79.2 Å². The van der Waals surface area contributed by atoms with Gasteiger partial charge in [-0.1, -0.05) is 26.0 Å². The van der Waals surface area contributed by atoms with Gasteiger partial charge < -0.3 is 16.4 Å². The van der Waals surface area contributed by atoms with E-state index in [4.69, 9.17) is 5.73 Å². The molecule has 4 rings (SSSR count). The van der Waals surface area contributed by atoms with Crippen molar-refractivity contribution in [3.8, 4) is 11.1 Å². The first-order valence-corrected chi connectivity index (χ1v) is 12.7. The van der Waals surface area contributed by atoms with Gasteiger partial charge >= 0.3 is 6.18 Å². The molecule has 0 saturated carbocycles. The van der Waals surface area contributed by atoms with E-state index in [0.29, 0.717) is 18.6 Å². The van der Waals surface area contributed by atoms with Gasteiger partial charge in [0.05, 0.1) is 29.0 Å². The zero-order valence-electron chi connectivity index (χ0n) is 22.3. The Bertz CT molecular complexity index is 1570. The van der Waals surface area contributed by atoms with Gasteiger partial charge in [-0.2, -0.15) is 13.2 Å². The van der Waals surface area contributed by atoms with Gasteiger partial charge in [0.2, 0.25) is 11.9 Å². The Morgan fingerprint density at radius 1 is 0.950 bits per heavy atom. The van der Waals surface area contributed by atoms with Crippen LogP contribution in [0.25, 0.3) is 22.0 Å². The predicted octanol–water partition coefficient (Wildman–Crippen LogP) is 5.74. The number of nitrogens with zero attached hydrogens (tertiary/aromatic N) is 3. The van der Waals surface area contributed by atoms with Crippen LogP contribution in [-0.4, -0.2) is 46.3 Å². The minimum absolute atomic E-state index is 0.0616. The number of carbonyl (C=O) groups is 2. The van der Waals surface area contributed by atoms with E-state index in [1.165, 1.54) is 0 Å². The molecule has 2 amide bonds. The minimum atomic E-state index is -4.63. The fourth-order valence-electron chi connectivity index (χ4n) is 4.26. The number of benzene rings is 3. The number of halogens is 3. The van der Waals surface area contributed by atoms with E-state index in [9.17, 15) is 22.8 Å². The van der Waals surface area contributed by atoms with Crippen LogP contribution in [0.15, 0.2) is 60.8 Å². The Hall–Kier alpha value is -4.51. The Kier molecular flexibility index (Phi) is 8.34. The van der Waals surface area contributed by atoms with Crippen molar-refractivity contribution >= 4 is 40.0 Å². The number of rotatable bonds is 8. The largest absolute Gasteiger partial charge is 0.416 e. The molecule has 0 bridgehead atoms. The van der Waals surface area contributed by atoms with Crippen molar-refractivity contribution in [3.63, 3.8) is 0 Å². The number of anilines is 3. The van der Waals surface area contributed by atoms with Gasteiger partial charge in [0.15, 0.2) is 0 Å². The maximum atomic E-state index is 13.5. The number of hydrogen-bond acceptors (Lipinski definition) is 6. The van der Waals surface area contributed by atoms with Crippen LogP contribution in [0.4, 0.5) is 30.5 Å². The van der Waals surface area contributed by atoms with Crippen molar-refractivity contribution in [1.82, 2.24) is 14.9 Å². The fourth-order valence-corrected chi connectivity index (χ4v) is 4.26. The van der Waals surface area contributed by atoms with Crippen LogP contribution in [0.1, 0.15) is 35.3 Å². The zero-order valence-corrected chi connectivity index (χ0v) is 22.3. The first-order chi connectivity index (χ1) is 19.0. The molecule has 4 N–H and O–H groups in total. The Morgan fingerprint density at radius 3 is 2.40 bits per heavy atom. The molecular weight excluding hydrogens is 521 g/mol. The van der Waals surface area contributed by atoms with E-state index in [-0.39, 0.29) is 29.4 Å². The standard InChI is InChI=1S/C29H29F3N6O2/c1-4-38(5-2)16-26(39)35-24-11-9-21(29(30,31)32)14-25(24)36-27(40)19-7-6-17(3)22(13-19)18-8-10-23-20(12-18)15-34-28(33)37-23/h6-15H,4-5,16H2,1-3H3,(H,35,39)(H,36,40)(H2,33,34,37). The highest BCUT2D eigenvalue weighted by atomic mass is 19.4. The van der Waals surface area contributed by atoms with Gasteiger partial charge in [0.1, 0.15) is 0 Å². The highest BCUT2D eigenvalue weighted by Crippen LogP contribution is 2.35. The highest BCUT2D eigenvalue weighted by Gasteiger charge is 2.31. The first kappa shape index (κ1) is 28.5. The van der Waals surface area contributed by atoms with E-state index in [0.717, 1.165) is 40.3 Å². The Labute approximate surface area is 229 Å². The molecule has 0 saturated heterocycles. The minimum Gasteiger partial charge on any atom is -0.368 e. The summed E-state index contributed by atoms with van der Waals surface area (Å²) in [4.78, 5) is 35.9. The summed E-state index contributed by atoms with van der Waals surface area (Å²) < 4.78 is 40.4. The third kappa shape index (κ3) is 6.55. The second-order valence-corrected chi connectivity index (χ2v) is 9.25. The van der Waals surface area contributed by atoms with Crippen LogP contribution in [0.5, 0.6) is 0 Å². The SMILES string of the molecule is CCN(CC)CC(=O)Nc1ccc(C(F)(F)F)cc1NC(=O)c1ccc(C)c(-c2ccc3nc(N)ncc3c2)c1. The van der Waals surface area contributed by atoms with Crippen LogP contribution >= 0.6 is 0 Å². The van der Waals surface area contributed by atoms with E-state index in [1.54, 1.807) is 30.5 Å². The predicted molar refractivity (Wildman–Crippen MR) is 150 cm³/mol. The number of aromatic nitrogens is 2. The summed E-state index contributed by atoms with van der Waals surface area (Å²) in [5.74, 6) is -0.872.